The molecule has 0 spiro atoms. The van der Waals surface area contributed by atoms with Crippen molar-refractivity contribution in [2.45, 2.75) is 57.9 Å². The van der Waals surface area contributed by atoms with Crippen LogP contribution in [0.15, 0.2) is 28.8 Å². The number of hydrogen-bond donors (Lipinski definition) is 0. The third-order valence-electron chi connectivity index (χ3n) is 4.65. The summed E-state index contributed by atoms with van der Waals surface area (Å²) in [6, 6.07) is 5.84. The molecule has 1 aromatic carbocycles. The second-order valence-corrected chi connectivity index (χ2v) is 6.52. The van der Waals surface area contributed by atoms with Gasteiger partial charge in [-0.3, -0.25) is 4.79 Å². The molecule has 1 aliphatic rings. The molecule has 25 heavy (non-hydrogen) atoms. The molecule has 1 aromatic heterocycles. The quantitative estimate of drug-likeness (QED) is 0.723. The van der Waals surface area contributed by atoms with Gasteiger partial charge in [0.05, 0.1) is 0 Å². The van der Waals surface area contributed by atoms with Crippen molar-refractivity contribution in [3.05, 3.63) is 36.0 Å². The van der Waals surface area contributed by atoms with Crippen LogP contribution in [0.25, 0.3) is 11.4 Å². The van der Waals surface area contributed by atoms with Crippen LogP contribution in [0, 0.1) is 5.82 Å². The Morgan fingerprint density at radius 1 is 1.28 bits per heavy atom. The van der Waals surface area contributed by atoms with Crippen LogP contribution in [0.1, 0.15) is 63.8 Å². The van der Waals surface area contributed by atoms with Gasteiger partial charge >= 0.3 is 0 Å². The largest absolute Gasteiger partial charge is 0.337 e. The lowest BCUT2D eigenvalue weighted by Crippen LogP contribution is -2.38. The Kier molecular flexibility index (Phi) is 5.79. The van der Waals surface area contributed by atoms with E-state index in [9.17, 15) is 9.18 Å². The molecule has 0 unspecified atom stereocenters. The van der Waals surface area contributed by atoms with E-state index in [4.69, 9.17) is 4.52 Å². The minimum absolute atomic E-state index is 0.149. The van der Waals surface area contributed by atoms with Gasteiger partial charge in [0, 0.05) is 18.5 Å². The zero-order valence-electron chi connectivity index (χ0n) is 14.6. The van der Waals surface area contributed by atoms with E-state index in [1.165, 1.54) is 12.1 Å². The lowest BCUT2D eigenvalue weighted by atomic mass is 10.0. The normalized spacial score (nSPS) is 17.7. The van der Waals surface area contributed by atoms with E-state index in [1.54, 1.807) is 12.1 Å². The number of nitrogens with zero attached hydrogens (tertiary/aromatic N) is 3. The van der Waals surface area contributed by atoms with Crippen LogP contribution in [0.5, 0.6) is 0 Å². The van der Waals surface area contributed by atoms with Crippen molar-refractivity contribution in [2.24, 2.45) is 0 Å². The lowest BCUT2D eigenvalue weighted by molar-refractivity contribution is -0.135. The summed E-state index contributed by atoms with van der Waals surface area (Å²) < 4.78 is 18.5. The van der Waals surface area contributed by atoms with Gasteiger partial charge in [-0.1, -0.05) is 24.9 Å². The highest BCUT2D eigenvalue weighted by molar-refractivity contribution is 5.76. The number of amides is 1. The number of benzene rings is 1. The van der Waals surface area contributed by atoms with Crippen molar-refractivity contribution in [2.75, 3.05) is 6.54 Å². The number of carbonyl (C=O) groups excluding carboxylic acids is 1. The van der Waals surface area contributed by atoms with Gasteiger partial charge in [0.1, 0.15) is 11.9 Å². The van der Waals surface area contributed by atoms with Crippen LogP contribution in [0.4, 0.5) is 4.39 Å². The number of hydrogen-bond acceptors (Lipinski definition) is 4. The van der Waals surface area contributed by atoms with Crippen LogP contribution in [-0.4, -0.2) is 27.5 Å². The molecule has 5 nitrogen and oxygen atoms in total. The molecule has 0 radical (unpaired) electrons. The van der Waals surface area contributed by atoms with Gasteiger partial charge in [0.15, 0.2) is 0 Å². The predicted octanol–water partition coefficient (Wildman–Crippen LogP) is 4.51. The van der Waals surface area contributed by atoms with Crippen LogP contribution in [0.3, 0.4) is 0 Å². The first kappa shape index (κ1) is 17.6. The highest BCUT2D eigenvalue weighted by atomic mass is 19.1. The van der Waals surface area contributed by atoms with E-state index in [0.717, 1.165) is 45.1 Å². The standard InChI is InChI=1S/C19H24FN3O2/c1-2-3-4-8-17(24)23-13-6-5-7-16(23)19-21-18(22-25-19)14-9-11-15(20)12-10-14/h9-12,16H,2-8,13H2,1H3/t16-/m0/s1. The summed E-state index contributed by atoms with van der Waals surface area (Å²) in [5, 5.41) is 4.01. The molecule has 1 saturated heterocycles. The Hall–Kier alpha value is -2.24. The highest BCUT2D eigenvalue weighted by Crippen LogP contribution is 2.31. The number of likely N-dealkylation sites (tertiary alicyclic amines) is 1. The summed E-state index contributed by atoms with van der Waals surface area (Å²) in [4.78, 5) is 18.9. The lowest BCUT2D eigenvalue weighted by Gasteiger charge is -2.33. The third-order valence-corrected chi connectivity index (χ3v) is 4.65. The molecule has 0 aliphatic carbocycles. The van der Waals surface area contributed by atoms with Gasteiger partial charge in [-0.05, 0) is 49.9 Å². The average Bonchev–Trinajstić information content (AvgIpc) is 3.12. The number of rotatable bonds is 6. The third kappa shape index (κ3) is 4.24. The molecule has 0 bridgehead atoms. The number of unbranched alkanes of at least 4 members (excludes halogenated alkanes) is 2. The summed E-state index contributed by atoms with van der Waals surface area (Å²) in [6.07, 6.45) is 6.55. The van der Waals surface area contributed by atoms with E-state index in [0.29, 0.717) is 23.7 Å². The molecule has 2 heterocycles. The summed E-state index contributed by atoms with van der Waals surface area (Å²) >= 11 is 0. The van der Waals surface area contributed by atoms with Crippen LogP contribution < -0.4 is 0 Å². The minimum atomic E-state index is -0.302. The molecule has 0 N–H and O–H groups in total. The van der Waals surface area contributed by atoms with Crippen molar-refractivity contribution >= 4 is 5.91 Å². The molecule has 1 fully saturated rings. The van der Waals surface area contributed by atoms with E-state index in [1.807, 2.05) is 4.90 Å². The van der Waals surface area contributed by atoms with Crippen molar-refractivity contribution in [3.8, 4) is 11.4 Å². The SMILES string of the molecule is CCCCCC(=O)N1CCCC[C@H]1c1nc(-c2ccc(F)cc2)no1. The molecule has 2 aromatic rings. The second-order valence-electron chi connectivity index (χ2n) is 6.52. The molecule has 0 saturated carbocycles. The Morgan fingerprint density at radius 2 is 2.08 bits per heavy atom. The Bertz CT molecular complexity index is 699. The van der Waals surface area contributed by atoms with Gasteiger partial charge in [-0.25, -0.2) is 4.39 Å². The van der Waals surface area contributed by atoms with Crippen LogP contribution >= 0.6 is 0 Å². The van der Waals surface area contributed by atoms with E-state index >= 15 is 0 Å². The summed E-state index contributed by atoms with van der Waals surface area (Å²) in [5.41, 5.74) is 0.702. The number of piperidine rings is 1. The molecule has 1 amide bonds. The van der Waals surface area contributed by atoms with Gasteiger partial charge in [-0.2, -0.15) is 4.98 Å². The van der Waals surface area contributed by atoms with Crippen LogP contribution in [0.2, 0.25) is 0 Å². The molecule has 1 atom stereocenters. The average molecular weight is 345 g/mol. The van der Waals surface area contributed by atoms with Gasteiger partial charge in [-0.15, -0.1) is 0 Å². The maximum absolute atomic E-state index is 13.1. The first-order chi connectivity index (χ1) is 12.2. The maximum atomic E-state index is 13.1. The highest BCUT2D eigenvalue weighted by Gasteiger charge is 2.31. The molecule has 6 heteroatoms. The van der Waals surface area contributed by atoms with Gasteiger partial charge in [0.2, 0.25) is 17.6 Å². The van der Waals surface area contributed by atoms with Crippen molar-refractivity contribution < 1.29 is 13.7 Å². The Morgan fingerprint density at radius 3 is 2.84 bits per heavy atom. The van der Waals surface area contributed by atoms with Gasteiger partial charge < -0.3 is 9.42 Å². The van der Waals surface area contributed by atoms with E-state index < -0.39 is 0 Å². The number of halogens is 1. The number of aromatic nitrogens is 2. The first-order valence-electron chi connectivity index (χ1n) is 9.08. The molecule has 1 aliphatic heterocycles. The molecule has 134 valence electrons. The van der Waals surface area contributed by atoms with E-state index in [2.05, 4.69) is 17.1 Å². The maximum Gasteiger partial charge on any atom is 0.249 e. The molecular weight excluding hydrogens is 321 g/mol. The summed E-state index contributed by atoms with van der Waals surface area (Å²) in [6.45, 7) is 2.87. The van der Waals surface area contributed by atoms with Gasteiger partial charge in [0.25, 0.3) is 0 Å². The number of carbonyl (C=O) groups is 1. The fraction of sp³-hybridized carbons (Fsp3) is 0.526. The predicted molar refractivity (Wildman–Crippen MR) is 92.1 cm³/mol. The topological polar surface area (TPSA) is 59.2 Å². The zero-order chi connectivity index (χ0) is 17.6. The van der Waals surface area contributed by atoms with Crippen LogP contribution in [-0.2, 0) is 4.79 Å². The summed E-state index contributed by atoms with van der Waals surface area (Å²) in [7, 11) is 0. The van der Waals surface area contributed by atoms with Crippen molar-refractivity contribution in [1.82, 2.24) is 15.0 Å². The summed E-state index contributed by atoms with van der Waals surface area (Å²) in [5.74, 6) is 0.769. The Balaban J connectivity index is 1.74. The molecular formula is C19H24FN3O2. The monoisotopic (exact) mass is 345 g/mol. The smallest absolute Gasteiger partial charge is 0.249 e. The molecule has 3 rings (SSSR count). The minimum Gasteiger partial charge on any atom is -0.337 e. The van der Waals surface area contributed by atoms with Crippen molar-refractivity contribution in [1.29, 1.82) is 0 Å². The fourth-order valence-corrected chi connectivity index (χ4v) is 3.24. The zero-order valence-corrected chi connectivity index (χ0v) is 14.6. The van der Waals surface area contributed by atoms with Crippen molar-refractivity contribution in [3.63, 3.8) is 0 Å². The van der Waals surface area contributed by atoms with E-state index in [-0.39, 0.29) is 17.8 Å². The Labute approximate surface area is 147 Å². The first-order valence-corrected chi connectivity index (χ1v) is 9.08. The fourth-order valence-electron chi connectivity index (χ4n) is 3.24. The second kappa shape index (κ2) is 8.23.